The van der Waals surface area contributed by atoms with Crippen LogP contribution in [0.4, 0.5) is 10.5 Å². The smallest absolute Gasteiger partial charge is 0.424 e. The lowest BCUT2D eigenvalue weighted by atomic mass is 10.0. The molecule has 0 bridgehead atoms. The zero-order chi connectivity index (χ0) is 15.5. The topological polar surface area (TPSA) is 82.0 Å². The van der Waals surface area contributed by atoms with E-state index < -0.39 is 12.0 Å². The lowest BCUT2D eigenvalue weighted by Crippen LogP contribution is -2.46. The number of amides is 2. The van der Waals surface area contributed by atoms with Crippen molar-refractivity contribution in [2.75, 3.05) is 11.6 Å². The van der Waals surface area contributed by atoms with E-state index in [2.05, 4.69) is 10.4 Å². The van der Waals surface area contributed by atoms with Crippen molar-refractivity contribution < 1.29 is 14.7 Å². The summed E-state index contributed by atoms with van der Waals surface area (Å²) in [5.74, 6) is -0.430. The molecular weight excluding hydrogens is 282 g/mol. The molecule has 0 aliphatic carbocycles. The van der Waals surface area contributed by atoms with E-state index in [1.165, 1.54) is 0 Å². The van der Waals surface area contributed by atoms with E-state index in [1.807, 2.05) is 42.5 Å². The molecule has 110 valence electrons. The number of nitrogens with one attached hydrogen (secondary N) is 1. The molecule has 2 N–H and O–H groups in total. The van der Waals surface area contributed by atoms with Gasteiger partial charge in [-0.25, -0.2) is 15.2 Å². The van der Waals surface area contributed by atoms with Crippen LogP contribution in [-0.2, 0) is 4.79 Å². The molecule has 1 aliphatic rings. The number of aliphatic imine (C=N–C) groups is 1. The van der Waals surface area contributed by atoms with Crippen LogP contribution in [0.5, 0.6) is 0 Å². The number of carbonyl (C=O) groups excluding carboxylic acids is 1. The number of rotatable bonds is 2. The summed E-state index contributed by atoms with van der Waals surface area (Å²) in [5, 5.41) is 9.97. The predicted molar refractivity (Wildman–Crippen MR) is 82.0 cm³/mol. The first kappa shape index (κ1) is 13.8. The second-order valence-electron chi connectivity index (χ2n) is 4.69. The second kappa shape index (κ2) is 5.69. The van der Waals surface area contributed by atoms with Crippen LogP contribution in [0.3, 0.4) is 0 Å². The van der Waals surface area contributed by atoms with Gasteiger partial charge in [-0.2, -0.15) is 0 Å². The van der Waals surface area contributed by atoms with E-state index in [0.29, 0.717) is 17.0 Å². The third-order valence-corrected chi connectivity index (χ3v) is 3.28. The Kier molecular flexibility index (Phi) is 3.57. The number of benzene rings is 2. The number of carbonyl (C=O) groups is 2. The van der Waals surface area contributed by atoms with Gasteiger partial charge in [0.2, 0.25) is 0 Å². The van der Waals surface area contributed by atoms with Gasteiger partial charge in [-0.15, -0.1) is 0 Å². The Balaban J connectivity index is 2.14. The molecule has 0 spiro atoms. The van der Waals surface area contributed by atoms with Crippen molar-refractivity contribution in [1.29, 1.82) is 0 Å². The highest BCUT2D eigenvalue weighted by molar-refractivity contribution is 6.19. The average Bonchev–Trinajstić information content (AvgIpc) is 2.66. The summed E-state index contributed by atoms with van der Waals surface area (Å²) in [4.78, 5) is 27.5. The maximum absolute atomic E-state index is 12.2. The number of fused-ring (bicyclic) bond motifs is 1. The number of hydrogen-bond acceptors (Lipinski definition) is 3. The van der Waals surface area contributed by atoms with Gasteiger partial charge in [0.1, 0.15) is 6.54 Å². The molecule has 22 heavy (non-hydrogen) atoms. The number of nitrogens with zero attached hydrogens (tertiary/aromatic N) is 2. The summed E-state index contributed by atoms with van der Waals surface area (Å²) in [6, 6.07) is 16.6. The van der Waals surface area contributed by atoms with Gasteiger partial charge >= 0.3 is 6.09 Å². The van der Waals surface area contributed by atoms with Crippen molar-refractivity contribution in [3.05, 3.63) is 65.7 Å². The minimum atomic E-state index is -1.30. The van der Waals surface area contributed by atoms with Gasteiger partial charge in [0.15, 0.2) is 0 Å². The fourth-order valence-electron chi connectivity index (χ4n) is 2.37. The van der Waals surface area contributed by atoms with Gasteiger partial charge in [0.05, 0.1) is 11.4 Å². The Hall–Kier alpha value is -3.15. The Morgan fingerprint density at radius 1 is 1.09 bits per heavy atom. The van der Waals surface area contributed by atoms with Crippen molar-refractivity contribution >= 4 is 23.4 Å². The fraction of sp³-hybridized carbons (Fsp3) is 0.0625. The van der Waals surface area contributed by atoms with Crippen LogP contribution < -0.4 is 10.4 Å². The molecule has 1 aliphatic heterocycles. The molecule has 1 heterocycles. The van der Waals surface area contributed by atoms with Crippen LogP contribution in [0.2, 0.25) is 0 Å². The van der Waals surface area contributed by atoms with Gasteiger partial charge in [-0.1, -0.05) is 48.5 Å². The maximum atomic E-state index is 12.2. The van der Waals surface area contributed by atoms with Crippen molar-refractivity contribution in [2.45, 2.75) is 0 Å². The minimum absolute atomic E-state index is 0.126. The van der Waals surface area contributed by atoms with Gasteiger partial charge in [0.25, 0.3) is 5.91 Å². The number of carboxylic acid groups (broad SMARTS) is 1. The third kappa shape index (κ3) is 2.54. The van der Waals surface area contributed by atoms with Crippen LogP contribution in [0, 0.1) is 0 Å². The summed E-state index contributed by atoms with van der Waals surface area (Å²) in [6.45, 7) is -0.126. The largest absolute Gasteiger partial charge is 0.464 e. The van der Waals surface area contributed by atoms with Crippen LogP contribution in [-0.4, -0.2) is 29.4 Å². The highest BCUT2D eigenvalue weighted by atomic mass is 16.4. The molecule has 2 aromatic rings. The standard InChI is InChI=1S/C16H13N3O3/c20-14-10-17-15(11-6-2-1-3-7-11)12-8-4-5-9-13(12)19(14)18-16(21)22/h1-9,18H,10H2,(H,21,22). The molecule has 0 saturated heterocycles. The SMILES string of the molecule is O=C(O)NN1C(=O)CN=C(c2ccccc2)c2ccccc21. The minimum Gasteiger partial charge on any atom is -0.464 e. The summed E-state index contributed by atoms with van der Waals surface area (Å²) in [6.07, 6.45) is -1.30. The molecule has 2 amide bonds. The monoisotopic (exact) mass is 295 g/mol. The van der Waals surface area contributed by atoms with Gasteiger partial charge in [-0.05, 0) is 6.07 Å². The normalized spacial score (nSPS) is 13.9. The lowest BCUT2D eigenvalue weighted by Gasteiger charge is -2.21. The molecule has 0 saturated carbocycles. The van der Waals surface area contributed by atoms with Crippen molar-refractivity contribution in [2.24, 2.45) is 4.99 Å². The molecule has 2 aromatic carbocycles. The van der Waals surface area contributed by atoms with Crippen LogP contribution >= 0.6 is 0 Å². The van der Waals surface area contributed by atoms with Crippen molar-refractivity contribution in [3.63, 3.8) is 0 Å². The van der Waals surface area contributed by atoms with Gasteiger partial charge < -0.3 is 5.11 Å². The highest BCUT2D eigenvalue weighted by Crippen LogP contribution is 2.25. The Bertz CT molecular complexity index is 756. The molecule has 6 heteroatoms. The van der Waals surface area contributed by atoms with Crippen LogP contribution in [0.25, 0.3) is 0 Å². The summed E-state index contributed by atoms with van der Waals surface area (Å²) >= 11 is 0. The summed E-state index contributed by atoms with van der Waals surface area (Å²) < 4.78 is 0. The summed E-state index contributed by atoms with van der Waals surface area (Å²) in [5.41, 5.74) is 4.84. The number of benzodiazepines with no additional fused rings is 1. The van der Waals surface area contributed by atoms with E-state index >= 15 is 0 Å². The molecule has 6 nitrogen and oxygen atoms in total. The van der Waals surface area contributed by atoms with Crippen molar-refractivity contribution in [3.8, 4) is 0 Å². The first-order valence-corrected chi connectivity index (χ1v) is 6.68. The maximum Gasteiger partial charge on any atom is 0.424 e. The van der Waals surface area contributed by atoms with Crippen LogP contribution in [0.15, 0.2) is 59.6 Å². The molecule has 0 fully saturated rings. The highest BCUT2D eigenvalue weighted by Gasteiger charge is 2.26. The Labute approximate surface area is 126 Å². The molecule has 0 aromatic heterocycles. The van der Waals surface area contributed by atoms with E-state index in [1.54, 1.807) is 12.1 Å². The fourth-order valence-corrected chi connectivity index (χ4v) is 2.37. The first-order valence-electron chi connectivity index (χ1n) is 6.68. The lowest BCUT2D eigenvalue weighted by molar-refractivity contribution is -0.117. The number of para-hydroxylation sites is 1. The predicted octanol–water partition coefficient (Wildman–Crippen LogP) is 2.05. The quantitative estimate of drug-likeness (QED) is 0.889. The zero-order valence-electron chi connectivity index (χ0n) is 11.6. The third-order valence-electron chi connectivity index (χ3n) is 3.28. The van der Waals surface area contributed by atoms with Gasteiger partial charge in [-0.3, -0.25) is 9.79 Å². The van der Waals surface area contributed by atoms with E-state index in [4.69, 9.17) is 5.11 Å². The summed E-state index contributed by atoms with van der Waals surface area (Å²) in [7, 11) is 0. The molecular formula is C16H13N3O3. The number of anilines is 1. The molecule has 0 radical (unpaired) electrons. The van der Waals surface area contributed by atoms with Gasteiger partial charge in [0, 0.05) is 11.1 Å². The zero-order valence-corrected chi connectivity index (χ0v) is 11.6. The average molecular weight is 295 g/mol. The first-order chi connectivity index (χ1) is 10.7. The van der Waals surface area contributed by atoms with E-state index in [9.17, 15) is 9.59 Å². The molecule has 0 atom stereocenters. The Morgan fingerprint density at radius 2 is 1.77 bits per heavy atom. The second-order valence-corrected chi connectivity index (χ2v) is 4.69. The number of hydrazine groups is 1. The van der Waals surface area contributed by atoms with Crippen LogP contribution in [0.1, 0.15) is 11.1 Å². The molecule has 3 rings (SSSR count). The van der Waals surface area contributed by atoms with E-state index in [-0.39, 0.29) is 6.54 Å². The number of hydrogen-bond donors (Lipinski definition) is 2. The Morgan fingerprint density at radius 3 is 2.50 bits per heavy atom. The van der Waals surface area contributed by atoms with Crippen molar-refractivity contribution in [1.82, 2.24) is 5.43 Å². The molecule has 0 unspecified atom stereocenters. The van der Waals surface area contributed by atoms with E-state index in [0.717, 1.165) is 10.6 Å².